The highest BCUT2D eigenvalue weighted by Crippen LogP contribution is 2.64. The number of hydrogen-bond acceptors (Lipinski definition) is 2. The summed E-state index contributed by atoms with van der Waals surface area (Å²) in [6.45, 7) is 15.9. The second-order valence-corrected chi connectivity index (χ2v) is 19.0. The molecule has 0 radical (unpaired) electrons. The van der Waals surface area contributed by atoms with E-state index in [1.54, 1.807) is 11.1 Å². The molecule has 0 bridgehead atoms. The second kappa shape index (κ2) is 15.2. The van der Waals surface area contributed by atoms with E-state index in [-0.39, 0.29) is 7.92 Å². The van der Waals surface area contributed by atoms with Crippen molar-refractivity contribution in [2.45, 2.75) is 142 Å². The van der Waals surface area contributed by atoms with Gasteiger partial charge in [0.15, 0.2) is 0 Å². The van der Waals surface area contributed by atoms with Crippen LogP contribution in [0.15, 0.2) is 71.6 Å². The van der Waals surface area contributed by atoms with Gasteiger partial charge in [0.25, 0.3) is 0 Å². The molecule has 260 valence electrons. The largest absolute Gasteiger partial charge is 0.325 e. The third-order valence-corrected chi connectivity index (χ3v) is 16.2. The van der Waals surface area contributed by atoms with Crippen molar-refractivity contribution >= 4 is 25.4 Å². The number of aryl methyl sites for hydroxylation is 6. The minimum atomic E-state index is -0.102. The fourth-order valence-electron chi connectivity index (χ4n) is 10.5. The van der Waals surface area contributed by atoms with Gasteiger partial charge in [0.05, 0.1) is 0 Å². The summed E-state index contributed by atoms with van der Waals surface area (Å²) in [4.78, 5) is 5.53. The van der Waals surface area contributed by atoms with Crippen molar-refractivity contribution < 1.29 is 0 Å². The molecule has 0 aromatic heterocycles. The maximum absolute atomic E-state index is 2.77. The Kier molecular flexibility index (Phi) is 10.7. The number of anilines is 2. The molecule has 3 aromatic rings. The van der Waals surface area contributed by atoms with Gasteiger partial charge in [0.1, 0.15) is 5.82 Å². The standard InChI is InChI=1S/C46H61N2P/c1-32-27-34(3)44(35(4)28-32)47-25-26-48(45-36(5)29-33(2)30-37(45)6)46(47)41-23-16-24-43(42(41)31-38-17-10-7-11-18-38)49(39-19-12-8-13-20-39)40-21-14-9-15-22-40/h7,10-11,17-18,27-31,39-40,43H,8-9,12-16,19-26H2,1-6H3. The van der Waals surface area contributed by atoms with E-state index >= 15 is 0 Å². The topological polar surface area (TPSA) is 6.48 Å². The van der Waals surface area contributed by atoms with E-state index in [2.05, 4.69) is 112 Å². The predicted molar refractivity (Wildman–Crippen MR) is 216 cm³/mol. The molecule has 1 atom stereocenters. The molecule has 4 aliphatic rings. The summed E-state index contributed by atoms with van der Waals surface area (Å²) in [6, 6.07) is 21.0. The molecule has 7 rings (SSSR count). The number of allylic oxidation sites excluding steroid dienone is 2. The van der Waals surface area contributed by atoms with Gasteiger partial charge in [0, 0.05) is 30.1 Å². The van der Waals surface area contributed by atoms with Crippen LogP contribution < -0.4 is 9.80 Å². The molecule has 1 aliphatic heterocycles. The van der Waals surface area contributed by atoms with Crippen molar-refractivity contribution in [3.05, 3.63) is 111 Å². The Morgan fingerprint density at radius 3 is 1.51 bits per heavy atom. The van der Waals surface area contributed by atoms with E-state index in [1.165, 1.54) is 140 Å². The predicted octanol–water partition coefficient (Wildman–Crippen LogP) is 12.9. The van der Waals surface area contributed by atoms with Gasteiger partial charge >= 0.3 is 0 Å². The van der Waals surface area contributed by atoms with Crippen LogP contribution in [0, 0.1) is 41.5 Å². The molecule has 3 heteroatoms. The Morgan fingerprint density at radius 2 is 1.04 bits per heavy atom. The molecule has 4 fully saturated rings. The Morgan fingerprint density at radius 1 is 0.571 bits per heavy atom. The maximum atomic E-state index is 2.77. The van der Waals surface area contributed by atoms with Crippen LogP contribution in [0.4, 0.5) is 11.4 Å². The highest BCUT2D eigenvalue weighted by Gasteiger charge is 2.42. The molecule has 0 N–H and O–H groups in total. The second-order valence-electron chi connectivity index (χ2n) is 16.0. The number of nitrogens with zero attached hydrogens (tertiary/aromatic N) is 2. The van der Waals surface area contributed by atoms with Gasteiger partial charge in [-0.1, -0.05) is 118 Å². The molecule has 0 amide bonds. The van der Waals surface area contributed by atoms with E-state index in [0.717, 1.165) is 24.4 Å². The lowest BCUT2D eigenvalue weighted by Crippen LogP contribution is -2.33. The molecule has 3 aliphatic carbocycles. The molecule has 1 unspecified atom stereocenters. The lowest BCUT2D eigenvalue weighted by Gasteiger charge is -2.46. The summed E-state index contributed by atoms with van der Waals surface area (Å²) >= 11 is 0. The van der Waals surface area contributed by atoms with Crippen LogP contribution in [0.5, 0.6) is 0 Å². The van der Waals surface area contributed by atoms with Gasteiger partial charge < -0.3 is 9.80 Å². The van der Waals surface area contributed by atoms with Gasteiger partial charge in [-0.15, -0.1) is 0 Å². The Bertz CT molecular complexity index is 1560. The molecule has 3 aromatic carbocycles. The summed E-state index contributed by atoms with van der Waals surface area (Å²) in [7, 11) is -0.102. The van der Waals surface area contributed by atoms with Crippen LogP contribution >= 0.6 is 7.92 Å². The van der Waals surface area contributed by atoms with Gasteiger partial charge in [-0.2, -0.15) is 0 Å². The molecular formula is C46H61N2P. The van der Waals surface area contributed by atoms with Gasteiger partial charge in [-0.25, -0.2) is 0 Å². The van der Waals surface area contributed by atoms with Crippen LogP contribution in [0.2, 0.25) is 0 Å². The monoisotopic (exact) mass is 672 g/mol. The van der Waals surface area contributed by atoms with E-state index in [4.69, 9.17) is 0 Å². The SMILES string of the molecule is Cc1cc(C)c(N2CCN(c3c(C)cc(C)cc3C)C2=C2CCCC(P(C3CCCCC3)C3CCCCC3)C2=Cc2ccccc2)c(C)c1. The zero-order valence-electron chi connectivity index (χ0n) is 31.5. The quantitative estimate of drug-likeness (QED) is 0.241. The zero-order chi connectivity index (χ0) is 34.1. The number of benzene rings is 3. The van der Waals surface area contributed by atoms with Gasteiger partial charge in [0.2, 0.25) is 0 Å². The minimum Gasteiger partial charge on any atom is -0.325 e. The summed E-state index contributed by atoms with van der Waals surface area (Å²) < 4.78 is 0. The zero-order valence-corrected chi connectivity index (χ0v) is 32.3. The summed E-state index contributed by atoms with van der Waals surface area (Å²) in [6.07, 6.45) is 21.2. The van der Waals surface area contributed by atoms with Crippen molar-refractivity contribution in [3.8, 4) is 0 Å². The normalized spacial score (nSPS) is 22.2. The fourth-order valence-corrected chi connectivity index (χ4v) is 15.1. The number of rotatable bonds is 6. The van der Waals surface area contributed by atoms with Crippen molar-refractivity contribution in [2.24, 2.45) is 0 Å². The Labute approximate surface area is 299 Å². The summed E-state index contributed by atoms with van der Waals surface area (Å²) in [5.74, 6) is 1.49. The average Bonchev–Trinajstić information content (AvgIpc) is 3.49. The van der Waals surface area contributed by atoms with Crippen LogP contribution in [0.3, 0.4) is 0 Å². The van der Waals surface area contributed by atoms with Crippen molar-refractivity contribution in [2.75, 3.05) is 22.9 Å². The first-order valence-corrected chi connectivity index (χ1v) is 21.3. The summed E-state index contributed by atoms with van der Waals surface area (Å²) in [5.41, 5.74) is 18.5. The first-order valence-electron chi connectivity index (χ1n) is 19.8. The third-order valence-electron chi connectivity index (χ3n) is 12.2. The molecule has 0 spiro atoms. The lowest BCUT2D eigenvalue weighted by molar-refractivity contribution is 0.479. The molecule has 1 heterocycles. The van der Waals surface area contributed by atoms with Crippen molar-refractivity contribution in [1.29, 1.82) is 0 Å². The molecular weight excluding hydrogens is 611 g/mol. The maximum Gasteiger partial charge on any atom is 0.117 e. The van der Waals surface area contributed by atoms with E-state index < -0.39 is 0 Å². The molecule has 49 heavy (non-hydrogen) atoms. The van der Waals surface area contributed by atoms with Crippen LogP contribution in [0.1, 0.15) is 122 Å². The Balaban J connectivity index is 1.46. The minimum absolute atomic E-state index is 0.102. The van der Waals surface area contributed by atoms with Gasteiger partial charge in [-0.05, 0) is 137 Å². The average molecular weight is 673 g/mol. The molecule has 3 saturated carbocycles. The van der Waals surface area contributed by atoms with E-state index in [9.17, 15) is 0 Å². The fraction of sp³-hybridized carbons (Fsp3) is 0.522. The van der Waals surface area contributed by atoms with E-state index in [0.29, 0.717) is 5.66 Å². The van der Waals surface area contributed by atoms with Crippen LogP contribution in [-0.4, -0.2) is 30.1 Å². The van der Waals surface area contributed by atoms with Crippen LogP contribution in [0.25, 0.3) is 6.08 Å². The van der Waals surface area contributed by atoms with Crippen molar-refractivity contribution in [3.63, 3.8) is 0 Å². The first kappa shape index (κ1) is 34.6. The Hall–Kier alpha value is -2.83. The molecule has 2 nitrogen and oxygen atoms in total. The van der Waals surface area contributed by atoms with Crippen molar-refractivity contribution in [1.82, 2.24) is 0 Å². The van der Waals surface area contributed by atoms with E-state index in [1.807, 2.05) is 0 Å². The van der Waals surface area contributed by atoms with Gasteiger partial charge in [-0.3, -0.25) is 0 Å². The first-order chi connectivity index (χ1) is 23.8. The summed E-state index contributed by atoms with van der Waals surface area (Å²) in [5, 5.41) is 0. The third kappa shape index (κ3) is 7.19. The molecule has 1 saturated heterocycles. The van der Waals surface area contributed by atoms with Crippen LogP contribution in [-0.2, 0) is 0 Å². The smallest absolute Gasteiger partial charge is 0.117 e. The highest BCUT2D eigenvalue weighted by molar-refractivity contribution is 7.60. The lowest BCUT2D eigenvalue weighted by atomic mass is 9.86. The highest BCUT2D eigenvalue weighted by atomic mass is 31.1. The number of hydrogen-bond donors (Lipinski definition) is 0.